The molecule has 0 radical (unpaired) electrons. The summed E-state index contributed by atoms with van der Waals surface area (Å²) in [5.41, 5.74) is 3.11. The number of hydrogen-bond donors (Lipinski definition) is 1. The molecular weight excluding hydrogens is 497 g/mol. The van der Waals surface area contributed by atoms with Crippen LogP contribution in [0.15, 0.2) is 47.0 Å². The van der Waals surface area contributed by atoms with Gasteiger partial charge in [-0.05, 0) is 19.1 Å². The zero-order valence-electron chi connectivity index (χ0n) is 22.1. The molecule has 0 aliphatic carbocycles. The van der Waals surface area contributed by atoms with Crippen LogP contribution in [-0.2, 0) is 7.05 Å². The fourth-order valence-corrected chi connectivity index (χ4v) is 5.33. The van der Waals surface area contributed by atoms with E-state index in [9.17, 15) is 9.18 Å². The first-order chi connectivity index (χ1) is 18.8. The number of nitrogens with one attached hydrogen (secondary N) is 1. The number of amides is 1. The van der Waals surface area contributed by atoms with Gasteiger partial charge in [-0.15, -0.1) is 12.3 Å². The van der Waals surface area contributed by atoms with Gasteiger partial charge in [-0.2, -0.15) is 15.3 Å². The van der Waals surface area contributed by atoms with E-state index < -0.39 is 5.82 Å². The van der Waals surface area contributed by atoms with Crippen LogP contribution in [0.3, 0.4) is 0 Å². The Labute approximate surface area is 225 Å². The molecule has 6 rings (SSSR count). The summed E-state index contributed by atoms with van der Waals surface area (Å²) in [5.74, 6) is 1.84. The Balaban J connectivity index is 1.15. The number of nitrogens with zero attached hydrogens (tertiary/aromatic N) is 8. The van der Waals surface area contributed by atoms with Crippen molar-refractivity contribution in [2.75, 3.05) is 42.9 Å². The molecule has 2 aliphatic heterocycles. The molecule has 0 unspecified atom stereocenters. The Kier molecular flexibility index (Phi) is 6.27. The highest BCUT2D eigenvalue weighted by atomic mass is 19.1. The molecule has 1 N–H and O–H groups in total. The number of pyridine rings is 1. The van der Waals surface area contributed by atoms with E-state index in [1.54, 1.807) is 34.5 Å². The number of carbonyl (C=O) groups excluding carboxylic acids is 1. The first-order valence-electron chi connectivity index (χ1n) is 13.1. The second-order valence-corrected chi connectivity index (χ2v) is 10.3. The molecular formula is C28H30FN9O. The molecule has 2 aliphatic rings. The van der Waals surface area contributed by atoms with Gasteiger partial charge in [-0.3, -0.25) is 14.4 Å². The second kappa shape index (κ2) is 9.78. The van der Waals surface area contributed by atoms with E-state index >= 15 is 0 Å². The topological polar surface area (TPSA) is 95.4 Å². The number of anilines is 2. The maximum absolute atomic E-state index is 14.5. The summed E-state index contributed by atoms with van der Waals surface area (Å²) in [6, 6.07) is 5.06. The average Bonchev–Trinajstić information content (AvgIpc) is 3.42. The molecule has 0 atom stereocenters. The Morgan fingerprint density at radius 1 is 1.15 bits per heavy atom. The van der Waals surface area contributed by atoms with Crippen LogP contribution in [0.25, 0.3) is 16.6 Å². The van der Waals surface area contributed by atoms with Crippen LogP contribution in [0.4, 0.5) is 15.8 Å². The van der Waals surface area contributed by atoms with E-state index in [-0.39, 0.29) is 17.2 Å². The van der Waals surface area contributed by atoms with Crippen LogP contribution in [0.5, 0.6) is 0 Å². The summed E-state index contributed by atoms with van der Waals surface area (Å²) in [6.45, 7) is 6.32. The van der Waals surface area contributed by atoms with Gasteiger partial charge in [-0.25, -0.2) is 9.37 Å². The van der Waals surface area contributed by atoms with Crippen LogP contribution >= 0.6 is 0 Å². The van der Waals surface area contributed by atoms with E-state index in [0.29, 0.717) is 28.9 Å². The highest BCUT2D eigenvalue weighted by molar-refractivity contribution is 6.13. The highest BCUT2D eigenvalue weighted by Crippen LogP contribution is 2.37. The zero-order valence-corrected chi connectivity index (χ0v) is 22.1. The molecule has 11 heteroatoms. The number of benzene rings is 1. The summed E-state index contributed by atoms with van der Waals surface area (Å²) in [4.78, 5) is 22.2. The summed E-state index contributed by atoms with van der Waals surface area (Å²) < 4.78 is 17.8. The lowest BCUT2D eigenvalue weighted by Gasteiger charge is -2.36. The minimum atomic E-state index is -0.498. The predicted octanol–water partition coefficient (Wildman–Crippen LogP) is 4.01. The maximum atomic E-state index is 14.5. The van der Waals surface area contributed by atoms with E-state index in [4.69, 9.17) is 6.42 Å². The van der Waals surface area contributed by atoms with E-state index in [1.165, 1.54) is 6.07 Å². The number of aryl methyl sites for hydroxylation is 2. The van der Waals surface area contributed by atoms with Crippen LogP contribution < -0.4 is 10.2 Å². The summed E-state index contributed by atoms with van der Waals surface area (Å²) in [6.07, 6.45) is 13.2. The van der Waals surface area contributed by atoms with Gasteiger partial charge in [0.25, 0.3) is 5.91 Å². The largest absolute Gasteiger partial charge is 0.368 e. The molecule has 10 nitrogen and oxygen atoms in total. The highest BCUT2D eigenvalue weighted by Gasteiger charge is 2.39. The molecule has 1 aromatic carbocycles. The first kappa shape index (κ1) is 25.0. The smallest absolute Gasteiger partial charge is 0.257 e. The van der Waals surface area contributed by atoms with Gasteiger partial charge in [-0.1, -0.05) is 0 Å². The lowest BCUT2D eigenvalue weighted by atomic mass is 10.0. The zero-order chi connectivity index (χ0) is 27.1. The van der Waals surface area contributed by atoms with Gasteiger partial charge in [0.05, 0.1) is 16.9 Å². The number of imidazole rings is 1. The van der Waals surface area contributed by atoms with Crippen LogP contribution in [0.1, 0.15) is 35.3 Å². The Hall–Kier alpha value is -4.30. The van der Waals surface area contributed by atoms with Crippen molar-refractivity contribution in [3.63, 3.8) is 0 Å². The number of terminal acetylenes is 1. The summed E-state index contributed by atoms with van der Waals surface area (Å²) in [7, 11) is 1.85. The Bertz CT molecular complexity index is 1630. The molecule has 0 bridgehead atoms. The monoisotopic (exact) mass is 527 g/mol. The number of rotatable bonds is 8. The van der Waals surface area contributed by atoms with E-state index in [1.807, 2.05) is 19.3 Å². The third-order valence-corrected chi connectivity index (χ3v) is 7.49. The van der Waals surface area contributed by atoms with Gasteiger partial charge in [0.15, 0.2) is 17.1 Å². The van der Waals surface area contributed by atoms with Gasteiger partial charge in [0.2, 0.25) is 0 Å². The van der Waals surface area contributed by atoms with Crippen molar-refractivity contribution < 1.29 is 9.18 Å². The molecule has 0 spiro atoms. The minimum absolute atomic E-state index is 0.225. The molecule has 0 saturated carbocycles. The lowest BCUT2D eigenvalue weighted by Crippen LogP contribution is -2.47. The quantitative estimate of drug-likeness (QED) is 0.350. The number of piperazine rings is 1. The Morgan fingerprint density at radius 3 is 2.69 bits per heavy atom. The predicted molar refractivity (Wildman–Crippen MR) is 147 cm³/mol. The van der Waals surface area contributed by atoms with Crippen LogP contribution in [0.2, 0.25) is 0 Å². The van der Waals surface area contributed by atoms with Gasteiger partial charge in [0.1, 0.15) is 5.52 Å². The summed E-state index contributed by atoms with van der Waals surface area (Å²) in [5, 5.41) is 16.8. The van der Waals surface area contributed by atoms with Crippen molar-refractivity contribution in [3.05, 3.63) is 53.9 Å². The standard InChI is InChI=1S/C28H30FN9O/c1-4-5-8-28(33-34-28)9-10-36-11-13-37(14-12-36)24-7-6-21(25-22(24)18-35(3)32-25)27(39)31-20-15-23(29)26-30-19(2)16-38(26)17-20/h1,6-7,15-18H,5,8-14H2,2-3H3,(H,31,39). The average molecular weight is 528 g/mol. The molecule has 1 amide bonds. The van der Waals surface area contributed by atoms with Crippen molar-refractivity contribution >= 4 is 33.8 Å². The summed E-state index contributed by atoms with van der Waals surface area (Å²) >= 11 is 0. The third kappa shape index (κ3) is 4.95. The van der Waals surface area contributed by atoms with E-state index in [2.05, 4.69) is 41.3 Å². The SMILES string of the molecule is C#CCCC1(CCN2CCN(c3ccc(C(=O)Nc4cc(F)c5nc(C)cn5c4)c4nn(C)cc34)CC2)N=N1. The number of halogens is 1. The lowest BCUT2D eigenvalue weighted by molar-refractivity contribution is 0.102. The molecule has 4 aromatic rings. The molecule has 5 heterocycles. The van der Waals surface area contributed by atoms with Crippen molar-refractivity contribution in [2.24, 2.45) is 17.3 Å². The van der Waals surface area contributed by atoms with Crippen LogP contribution in [-0.4, -0.2) is 68.4 Å². The minimum Gasteiger partial charge on any atom is -0.368 e. The first-order valence-corrected chi connectivity index (χ1v) is 13.1. The van der Waals surface area contributed by atoms with Gasteiger partial charge >= 0.3 is 0 Å². The number of hydrogen-bond acceptors (Lipinski definition) is 7. The molecule has 3 aromatic heterocycles. The second-order valence-electron chi connectivity index (χ2n) is 10.3. The van der Waals surface area contributed by atoms with Crippen molar-refractivity contribution in [3.8, 4) is 12.3 Å². The normalized spacial score (nSPS) is 16.6. The number of fused-ring (bicyclic) bond motifs is 2. The van der Waals surface area contributed by atoms with Crippen molar-refractivity contribution in [1.29, 1.82) is 0 Å². The van der Waals surface area contributed by atoms with Gasteiger partial charge < -0.3 is 14.6 Å². The fourth-order valence-electron chi connectivity index (χ4n) is 5.33. The van der Waals surface area contributed by atoms with Gasteiger partial charge in [0, 0.05) is 94.8 Å². The van der Waals surface area contributed by atoms with Crippen molar-refractivity contribution in [2.45, 2.75) is 31.8 Å². The molecule has 1 fully saturated rings. The van der Waals surface area contributed by atoms with Crippen molar-refractivity contribution in [1.82, 2.24) is 24.1 Å². The molecule has 39 heavy (non-hydrogen) atoms. The van der Waals surface area contributed by atoms with Crippen LogP contribution in [0, 0.1) is 25.1 Å². The van der Waals surface area contributed by atoms with E-state index in [0.717, 1.165) is 56.6 Å². The number of carbonyl (C=O) groups is 1. The third-order valence-electron chi connectivity index (χ3n) is 7.49. The molecule has 1 saturated heterocycles. The maximum Gasteiger partial charge on any atom is 0.257 e. The Morgan fingerprint density at radius 2 is 1.95 bits per heavy atom. The number of aromatic nitrogens is 4. The molecule has 200 valence electrons. The fraction of sp³-hybridized carbons (Fsp3) is 0.393.